The van der Waals surface area contributed by atoms with E-state index in [0.29, 0.717) is 42.2 Å². The van der Waals surface area contributed by atoms with Crippen molar-refractivity contribution in [3.63, 3.8) is 0 Å². The Labute approximate surface area is 274 Å². The molecule has 1 amide bonds. The summed E-state index contributed by atoms with van der Waals surface area (Å²) in [6, 6.07) is 22.9. The Morgan fingerprint density at radius 1 is 0.872 bits per heavy atom. The number of amides is 1. The number of nitrogens with one attached hydrogen (secondary N) is 1. The molecule has 10 heteroatoms. The van der Waals surface area contributed by atoms with Gasteiger partial charge in [-0.1, -0.05) is 54.6 Å². The van der Waals surface area contributed by atoms with E-state index in [1.54, 1.807) is 19.2 Å². The first-order chi connectivity index (χ1) is 22.6. The maximum atomic E-state index is 14.2. The second kappa shape index (κ2) is 16.9. The highest BCUT2D eigenvalue weighted by atomic mass is 19.1. The van der Waals surface area contributed by atoms with E-state index in [1.165, 1.54) is 12.1 Å². The molecule has 3 aromatic carbocycles. The molecule has 0 aliphatic carbocycles. The molecule has 250 valence electrons. The van der Waals surface area contributed by atoms with Gasteiger partial charge in [-0.3, -0.25) is 9.59 Å². The largest absolute Gasteiger partial charge is 0.491 e. The molecule has 1 heterocycles. The van der Waals surface area contributed by atoms with Crippen LogP contribution in [0.4, 0.5) is 4.39 Å². The first-order valence-electron chi connectivity index (χ1n) is 15.7. The molecule has 0 saturated heterocycles. The van der Waals surface area contributed by atoms with Gasteiger partial charge in [0.15, 0.2) is 0 Å². The molecule has 0 radical (unpaired) electrons. The third kappa shape index (κ3) is 9.51. The number of aliphatic hydroxyl groups is 2. The van der Waals surface area contributed by atoms with Crippen LogP contribution in [0.2, 0.25) is 0 Å². The smallest absolute Gasteiger partial charge is 0.305 e. The Balaban J connectivity index is 1.76. The fourth-order valence-electron chi connectivity index (χ4n) is 5.72. The van der Waals surface area contributed by atoms with E-state index in [9.17, 15) is 24.2 Å². The first kappa shape index (κ1) is 35.3. The molecule has 4 aromatic rings. The van der Waals surface area contributed by atoms with Crippen LogP contribution in [-0.4, -0.2) is 64.3 Å². The van der Waals surface area contributed by atoms with E-state index in [0.717, 1.165) is 22.4 Å². The van der Waals surface area contributed by atoms with Crippen molar-refractivity contribution in [2.24, 2.45) is 0 Å². The van der Waals surface area contributed by atoms with Crippen molar-refractivity contribution in [1.29, 1.82) is 0 Å². The van der Waals surface area contributed by atoms with Crippen molar-refractivity contribution in [1.82, 2.24) is 9.88 Å². The number of hydrogen-bond acceptors (Lipinski definition) is 6. The summed E-state index contributed by atoms with van der Waals surface area (Å²) in [5, 5.41) is 33.0. The number of aliphatic carboxylic acids is 1. The number of ether oxygens (including phenoxy) is 2. The van der Waals surface area contributed by atoms with Crippen molar-refractivity contribution >= 4 is 11.9 Å². The molecule has 0 aliphatic heterocycles. The molecule has 4 rings (SSSR count). The molecule has 47 heavy (non-hydrogen) atoms. The summed E-state index contributed by atoms with van der Waals surface area (Å²) in [6.07, 6.45) is -2.23. The number of benzene rings is 3. The summed E-state index contributed by atoms with van der Waals surface area (Å²) in [4.78, 5) is 25.3. The number of carbonyl (C=O) groups excluding carboxylic acids is 1. The summed E-state index contributed by atoms with van der Waals surface area (Å²) in [5.74, 6) is -1.14. The van der Waals surface area contributed by atoms with E-state index in [4.69, 9.17) is 14.6 Å². The Kier molecular flexibility index (Phi) is 12.7. The monoisotopic (exact) mass is 646 g/mol. The summed E-state index contributed by atoms with van der Waals surface area (Å²) in [7, 11) is 1.61. The van der Waals surface area contributed by atoms with Gasteiger partial charge in [0.1, 0.15) is 23.9 Å². The summed E-state index contributed by atoms with van der Waals surface area (Å²) < 4.78 is 26.8. The van der Waals surface area contributed by atoms with Gasteiger partial charge in [-0.2, -0.15) is 0 Å². The Bertz CT molecular complexity index is 1600. The molecule has 2 unspecified atom stereocenters. The Morgan fingerprint density at radius 2 is 1.53 bits per heavy atom. The highest BCUT2D eigenvalue weighted by Gasteiger charge is 2.30. The van der Waals surface area contributed by atoms with E-state index in [1.807, 2.05) is 73.0 Å². The lowest BCUT2D eigenvalue weighted by molar-refractivity contribution is -0.139. The SMILES string of the molecule is COCCOc1ccc(CNC(=O)c2c(-c3ccccc3)c(-c3ccc(F)cc3)c(CCC(O)CC(O)CC(=O)O)n2C(C)C)cc1. The highest BCUT2D eigenvalue weighted by Crippen LogP contribution is 2.42. The fourth-order valence-corrected chi connectivity index (χ4v) is 5.72. The van der Waals surface area contributed by atoms with Crippen LogP contribution >= 0.6 is 0 Å². The van der Waals surface area contributed by atoms with Crippen molar-refractivity contribution in [2.45, 2.75) is 64.3 Å². The quantitative estimate of drug-likeness (QED) is 0.103. The maximum absolute atomic E-state index is 14.2. The third-order valence-electron chi connectivity index (χ3n) is 7.84. The van der Waals surface area contributed by atoms with Gasteiger partial charge in [0, 0.05) is 36.5 Å². The molecular formula is C37H43FN2O7. The molecule has 1 aromatic heterocycles. The number of nitrogens with zero attached hydrogens (tertiary/aromatic N) is 1. The van der Waals surface area contributed by atoms with Gasteiger partial charge >= 0.3 is 5.97 Å². The van der Waals surface area contributed by atoms with E-state index < -0.39 is 30.4 Å². The van der Waals surface area contributed by atoms with Gasteiger partial charge in [0.25, 0.3) is 5.91 Å². The molecule has 4 N–H and O–H groups in total. The molecule has 0 saturated carbocycles. The minimum Gasteiger partial charge on any atom is -0.491 e. The summed E-state index contributed by atoms with van der Waals surface area (Å²) in [5.41, 5.74) is 5.00. The van der Waals surface area contributed by atoms with Gasteiger partial charge in [-0.15, -0.1) is 0 Å². The van der Waals surface area contributed by atoms with Gasteiger partial charge < -0.3 is 34.7 Å². The van der Waals surface area contributed by atoms with Crippen LogP contribution in [0.15, 0.2) is 78.9 Å². The van der Waals surface area contributed by atoms with E-state index in [-0.39, 0.29) is 31.3 Å². The lowest BCUT2D eigenvalue weighted by Gasteiger charge is -2.20. The van der Waals surface area contributed by atoms with Crippen LogP contribution in [0.5, 0.6) is 5.75 Å². The predicted molar refractivity (Wildman–Crippen MR) is 178 cm³/mol. The van der Waals surface area contributed by atoms with Gasteiger partial charge in [0.2, 0.25) is 0 Å². The molecule has 0 bridgehead atoms. The van der Waals surface area contributed by atoms with Crippen LogP contribution < -0.4 is 10.1 Å². The zero-order chi connectivity index (χ0) is 33.9. The summed E-state index contributed by atoms with van der Waals surface area (Å²) in [6.45, 7) is 5.11. The minimum absolute atomic E-state index is 0.102. The first-order valence-corrected chi connectivity index (χ1v) is 15.7. The number of halogens is 1. The zero-order valence-electron chi connectivity index (χ0n) is 27.0. The van der Waals surface area contributed by atoms with E-state index >= 15 is 0 Å². The van der Waals surface area contributed by atoms with E-state index in [2.05, 4.69) is 5.32 Å². The molecule has 2 atom stereocenters. The molecule has 0 aliphatic rings. The van der Waals surface area contributed by atoms with Crippen LogP contribution in [0.1, 0.15) is 60.9 Å². The summed E-state index contributed by atoms with van der Waals surface area (Å²) >= 11 is 0. The van der Waals surface area contributed by atoms with Gasteiger partial charge in [-0.25, -0.2) is 4.39 Å². The lowest BCUT2D eigenvalue weighted by atomic mass is 9.92. The number of hydrogen-bond donors (Lipinski definition) is 4. The maximum Gasteiger partial charge on any atom is 0.305 e. The molecular weight excluding hydrogens is 603 g/mol. The third-order valence-corrected chi connectivity index (χ3v) is 7.84. The topological polar surface area (TPSA) is 130 Å². The number of carboxylic acid groups (broad SMARTS) is 1. The normalized spacial score (nSPS) is 12.6. The Morgan fingerprint density at radius 3 is 2.15 bits per heavy atom. The zero-order valence-corrected chi connectivity index (χ0v) is 27.0. The molecule has 0 fully saturated rings. The van der Waals surface area contributed by atoms with Crippen molar-refractivity contribution in [3.8, 4) is 28.0 Å². The predicted octanol–water partition coefficient (Wildman–Crippen LogP) is 6.02. The van der Waals surface area contributed by atoms with Crippen LogP contribution in [-0.2, 0) is 22.5 Å². The molecule has 0 spiro atoms. The second-order valence-electron chi connectivity index (χ2n) is 11.7. The van der Waals surface area contributed by atoms with Gasteiger partial charge in [-0.05, 0) is 74.1 Å². The number of aliphatic hydroxyl groups excluding tert-OH is 2. The van der Waals surface area contributed by atoms with Crippen molar-refractivity contribution in [2.75, 3.05) is 20.3 Å². The average molecular weight is 647 g/mol. The van der Waals surface area contributed by atoms with Crippen LogP contribution in [0, 0.1) is 5.82 Å². The van der Waals surface area contributed by atoms with Crippen molar-refractivity contribution in [3.05, 3.63) is 102 Å². The number of aromatic nitrogens is 1. The molecule has 9 nitrogen and oxygen atoms in total. The van der Waals surface area contributed by atoms with Crippen LogP contribution in [0.25, 0.3) is 22.3 Å². The lowest BCUT2D eigenvalue weighted by Crippen LogP contribution is -2.27. The van der Waals surface area contributed by atoms with Crippen LogP contribution in [0.3, 0.4) is 0 Å². The number of rotatable bonds is 17. The standard InChI is InChI=1S/C37H43FN2O7/c1-24(2)40-32(18-15-29(41)21-30(42)22-33(43)44)34(27-11-13-28(38)14-12-27)35(26-7-5-4-6-8-26)36(40)37(45)39-23-25-9-16-31(17-10-25)47-20-19-46-3/h4-14,16-17,24,29-30,41-42H,15,18-23H2,1-3H3,(H,39,45)(H,43,44). The number of methoxy groups -OCH3 is 1. The fraction of sp³-hybridized carbons (Fsp3) is 0.351. The van der Waals surface area contributed by atoms with Crippen molar-refractivity contribution < 1.29 is 38.8 Å². The Hall–Kier alpha value is -4.51. The number of carboxylic acids is 1. The second-order valence-corrected chi connectivity index (χ2v) is 11.7. The number of carbonyl (C=O) groups is 2. The average Bonchev–Trinajstić information content (AvgIpc) is 3.39. The minimum atomic E-state index is -1.19. The highest BCUT2D eigenvalue weighted by molar-refractivity contribution is 6.05. The van der Waals surface area contributed by atoms with Gasteiger partial charge in [0.05, 0.1) is 25.2 Å².